The standard InChI is InChI=1S/C12H19N3O2S2/c1-8(19-11-15-13-7-18-11)6-12(2,10(16)17-3)14-9-4-5-9/h7-9,14H,4-6H2,1-3H3. The predicted molar refractivity (Wildman–Crippen MR) is 76.4 cm³/mol. The Labute approximate surface area is 121 Å². The molecule has 1 heterocycles. The summed E-state index contributed by atoms with van der Waals surface area (Å²) >= 11 is 3.17. The third-order valence-corrected chi connectivity index (χ3v) is 4.99. The van der Waals surface area contributed by atoms with Crippen LogP contribution in [0.1, 0.15) is 33.1 Å². The molecule has 1 saturated carbocycles. The van der Waals surface area contributed by atoms with Gasteiger partial charge in [0.25, 0.3) is 0 Å². The van der Waals surface area contributed by atoms with Gasteiger partial charge in [-0.2, -0.15) is 0 Å². The molecular weight excluding hydrogens is 282 g/mol. The highest BCUT2D eigenvalue weighted by atomic mass is 32.2. The first-order chi connectivity index (χ1) is 9.03. The van der Waals surface area contributed by atoms with Crippen molar-refractivity contribution in [3.8, 4) is 0 Å². The van der Waals surface area contributed by atoms with Gasteiger partial charge in [-0.25, -0.2) is 0 Å². The van der Waals surface area contributed by atoms with Crippen LogP contribution in [0.25, 0.3) is 0 Å². The highest BCUT2D eigenvalue weighted by Gasteiger charge is 2.40. The SMILES string of the molecule is COC(=O)C(C)(CC(C)Sc1nncs1)NC1CC1. The van der Waals surface area contributed by atoms with Crippen molar-refractivity contribution in [2.75, 3.05) is 7.11 Å². The maximum Gasteiger partial charge on any atom is 0.325 e. The van der Waals surface area contributed by atoms with Crippen LogP contribution in [0.15, 0.2) is 9.85 Å². The number of thioether (sulfide) groups is 1. The minimum Gasteiger partial charge on any atom is -0.468 e. The van der Waals surface area contributed by atoms with E-state index in [9.17, 15) is 4.79 Å². The molecule has 1 aliphatic carbocycles. The van der Waals surface area contributed by atoms with E-state index in [0.29, 0.717) is 12.5 Å². The molecule has 5 nitrogen and oxygen atoms in total. The van der Waals surface area contributed by atoms with Crippen molar-refractivity contribution in [3.05, 3.63) is 5.51 Å². The van der Waals surface area contributed by atoms with Gasteiger partial charge in [-0.1, -0.05) is 30.0 Å². The molecule has 0 aromatic carbocycles. The first-order valence-corrected chi connectivity index (χ1v) is 8.08. The number of esters is 1. The Balaban J connectivity index is 1.96. The lowest BCUT2D eigenvalue weighted by atomic mass is 9.96. The zero-order valence-electron chi connectivity index (χ0n) is 11.4. The van der Waals surface area contributed by atoms with Crippen molar-refractivity contribution < 1.29 is 9.53 Å². The number of methoxy groups -OCH3 is 1. The second-order valence-electron chi connectivity index (χ2n) is 5.08. The molecule has 106 valence electrons. The second-order valence-corrected chi connectivity index (χ2v) is 7.60. The zero-order chi connectivity index (χ0) is 13.9. The van der Waals surface area contributed by atoms with E-state index in [-0.39, 0.29) is 11.2 Å². The average molecular weight is 301 g/mol. The van der Waals surface area contributed by atoms with Gasteiger partial charge in [0.2, 0.25) is 0 Å². The minimum absolute atomic E-state index is 0.191. The maximum atomic E-state index is 12.0. The number of ether oxygens (including phenoxy) is 1. The van der Waals surface area contributed by atoms with Crippen LogP contribution in [0, 0.1) is 0 Å². The molecule has 1 aromatic heterocycles. The summed E-state index contributed by atoms with van der Waals surface area (Å²) in [7, 11) is 1.44. The van der Waals surface area contributed by atoms with Crippen molar-refractivity contribution in [1.29, 1.82) is 0 Å². The van der Waals surface area contributed by atoms with Crippen molar-refractivity contribution >= 4 is 29.1 Å². The lowest BCUT2D eigenvalue weighted by molar-refractivity contribution is -0.148. The number of carbonyl (C=O) groups excluding carboxylic acids is 1. The summed E-state index contributed by atoms with van der Waals surface area (Å²) in [5.41, 5.74) is 1.10. The van der Waals surface area contributed by atoms with Gasteiger partial charge in [-0.05, 0) is 26.2 Å². The molecule has 2 unspecified atom stereocenters. The molecule has 0 amide bonds. The van der Waals surface area contributed by atoms with Crippen LogP contribution >= 0.6 is 23.1 Å². The van der Waals surface area contributed by atoms with Crippen molar-refractivity contribution in [1.82, 2.24) is 15.5 Å². The molecule has 1 aromatic rings. The smallest absolute Gasteiger partial charge is 0.325 e. The molecular formula is C12H19N3O2S2. The quantitative estimate of drug-likeness (QED) is 0.614. The Bertz CT molecular complexity index is 423. The fraction of sp³-hybridized carbons (Fsp3) is 0.750. The third-order valence-electron chi connectivity index (χ3n) is 3.07. The second kappa shape index (κ2) is 6.19. The Hall–Kier alpha value is -0.660. The largest absolute Gasteiger partial charge is 0.468 e. The molecule has 0 spiro atoms. The van der Waals surface area contributed by atoms with E-state index in [0.717, 1.165) is 17.2 Å². The van der Waals surface area contributed by atoms with Crippen LogP contribution in [-0.2, 0) is 9.53 Å². The molecule has 0 bridgehead atoms. The predicted octanol–water partition coefficient (Wildman–Crippen LogP) is 2.09. The number of nitrogens with zero attached hydrogens (tertiary/aromatic N) is 2. The van der Waals surface area contributed by atoms with Gasteiger partial charge in [0.1, 0.15) is 11.0 Å². The first-order valence-electron chi connectivity index (χ1n) is 6.32. The Morgan fingerprint density at radius 1 is 1.74 bits per heavy atom. The highest BCUT2D eigenvalue weighted by molar-refractivity contribution is 8.01. The van der Waals surface area contributed by atoms with Gasteiger partial charge in [-0.15, -0.1) is 10.2 Å². The number of carbonyl (C=O) groups is 1. The molecule has 1 aliphatic rings. The average Bonchev–Trinajstić information content (AvgIpc) is 3.01. The number of rotatable bonds is 7. The van der Waals surface area contributed by atoms with Crippen LogP contribution < -0.4 is 5.32 Å². The molecule has 19 heavy (non-hydrogen) atoms. The fourth-order valence-electron chi connectivity index (χ4n) is 2.11. The van der Waals surface area contributed by atoms with Gasteiger partial charge < -0.3 is 4.74 Å². The topological polar surface area (TPSA) is 64.1 Å². The first kappa shape index (κ1) is 14.7. The minimum atomic E-state index is -0.618. The molecule has 1 fully saturated rings. The summed E-state index contributed by atoms with van der Waals surface area (Å²) in [5.74, 6) is -0.191. The van der Waals surface area contributed by atoms with Gasteiger partial charge in [0.05, 0.1) is 7.11 Å². The lowest BCUT2D eigenvalue weighted by Crippen LogP contribution is -2.52. The van der Waals surface area contributed by atoms with Gasteiger partial charge >= 0.3 is 5.97 Å². The number of aromatic nitrogens is 2. The number of nitrogens with one attached hydrogen (secondary N) is 1. The molecule has 7 heteroatoms. The molecule has 2 atom stereocenters. The van der Waals surface area contributed by atoms with E-state index in [2.05, 4.69) is 22.4 Å². The molecule has 1 N–H and O–H groups in total. The molecule has 0 radical (unpaired) electrons. The molecule has 2 rings (SSSR count). The van der Waals surface area contributed by atoms with Crippen molar-refractivity contribution in [2.45, 2.75) is 54.3 Å². The maximum absolute atomic E-state index is 12.0. The lowest BCUT2D eigenvalue weighted by Gasteiger charge is -2.30. The van der Waals surface area contributed by atoms with Gasteiger partial charge in [0, 0.05) is 11.3 Å². The normalized spacial score (nSPS) is 19.7. The summed E-state index contributed by atoms with van der Waals surface area (Å²) in [6.45, 7) is 4.02. The summed E-state index contributed by atoms with van der Waals surface area (Å²) in [5, 5.41) is 11.5. The fourth-order valence-corrected chi connectivity index (χ4v) is 4.09. The van der Waals surface area contributed by atoms with Crippen LogP contribution in [0.3, 0.4) is 0 Å². The highest BCUT2D eigenvalue weighted by Crippen LogP contribution is 2.32. The zero-order valence-corrected chi connectivity index (χ0v) is 13.0. The third kappa shape index (κ3) is 4.15. The number of hydrogen-bond acceptors (Lipinski definition) is 7. The van der Waals surface area contributed by atoms with Gasteiger partial charge in [0.15, 0.2) is 4.34 Å². The van der Waals surface area contributed by atoms with E-state index in [1.807, 2.05) is 6.92 Å². The van der Waals surface area contributed by atoms with Crippen molar-refractivity contribution in [3.63, 3.8) is 0 Å². The van der Waals surface area contributed by atoms with E-state index in [1.54, 1.807) is 17.3 Å². The van der Waals surface area contributed by atoms with E-state index in [1.165, 1.54) is 18.4 Å². The molecule has 0 aliphatic heterocycles. The monoisotopic (exact) mass is 301 g/mol. The van der Waals surface area contributed by atoms with Gasteiger partial charge in [-0.3, -0.25) is 10.1 Å². The number of hydrogen-bond donors (Lipinski definition) is 1. The van der Waals surface area contributed by atoms with Crippen LogP contribution in [0.5, 0.6) is 0 Å². The molecule has 0 saturated heterocycles. The van der Waals surface area contributed by atoms with E-state index < -0.39 is 5.54 Å². The summed E-state index contributed by atoms with van der Waals surface area (Å²) in [6, 6.07) is 0.461. The van der Waals surface area contributed by atoms with Crippen LogP contribution in [0.2, 0.25) is 0 Å². The van der Waals surface area contributed by atoms with Crippen molar-refractivity contribution in [2.24, 2.45) is 0 Å². The Morgan fingerprint density at radius 2 is 2.47 bits per heavy atom. The van der Waals surface area contributed by atoms with E-state index >= 15 is 0 Å². The summed E-state index contributed by atoms with van der Waals surface area (Å²) in [4.78, 5) is 12.0. The van der Waals surface area contributed by atoms with Crippen LogP contribution in [-0.4, -0.2) is 40.1 Å². The summed E-state index contributed by atoms with van der Waals surface area (Å²) in [6.07, 6.45) is 3.00. The Kier molecular flexibility index (Phi) is 4.81. The van der Waals surface area contributed by atoms with Crippen LogP contribution in [0.4, 0.5) is 0 Å². The van der Waals surface area contributed by atoms with E-state index in [4.69, 9.17) is 4.74 Å². The Morgan fingerprint density at radius 3 is 3.00 bits per heavy atom. The summed E-state index contributed by atoms with van der Waals surface area (Å²) < 4.78 is 5.88.